The van der Waals surface area contributed by atoms with Gasteiger partial charge in [-0.2, -0.15) is 0 Å². The smallest absolute Gasteiger partial charge is 0.255 e. The van der Waals surface area contributed by atoms with Gasteiger partial charge in [-0.25, -0.2) is 0 Å². The number of hydrogen-bond donors (Lipinski definition) is 1. The van der Waals surface area contributed by atoms with E-state index in [1.54, 1.807) is 42.5 Å². The third kappa shape index (κ3) is 4.50. The number of ether oxygens (including phenoxy) is 2. The molecule has 0 aromatic heterocycles. The first kappa shape index (κ1) is 17.3. The van der Waals surface area contributed by atoms with Crippen molar-refractivity contribution in [1.29, 1.82) is 0 Å². The van der Waals surface area contributed by atoms with Crippen LogP contribution in [0.15, 0.2) is 46.9 Å². The summed E-state index contributed by atoms with van der Waals surface area (Å²) in [6, 6.07) is 12.2. The minimum absolute atomic E-state index is 0.157. The van der Waals surface area contributed by atoms with Crippen LogP contribution in [0.25, 0.3) is 0 Å². The van der Waals surface area contributed by atoms with Crippen molar-refractivity contribution in [2.45, 2.75) is 18.9 Å². The maximum absolute atomic E-state index is 12.3. The average molecular weight is 411 g/mol. The molecule has 1 amide bonds. The normalized spacial score (nSPS) is 16.8. The first-order valence-corrected chi connectivity index (χ1v) is 8.90. The van der Waals surface area contributed by atoms with Gasteiger partial charge in [0.05, 0.1) is 10.6 Å². The Morgan fingerprint density at radius 2 is 2.08 bits per heavy atom. The van der Waals surface area contributed by atoms with Crippen LogP contribution in [0, 0.1) is 0 Å². The van der Waals surface area contributed by atoms with Crippen molar-refractivity contribution in [2.24, 2.45) is 0 Å². The highest BCUT2D eigenvalue weighted by Gasteiger charge is 2.17. The number of carbonyl (C=O) groups excluding carboxylic acids is 1. The largest absolute Gasteiger partial charge is 0.490 e. The number of rotatable bonds is 5. The van der Waals surface area contributed by atoms with E-state index in [1.165, 1.54) is 0 Å². The third-order valence-electron chi connectivity index (χ3n) is 3.74. The van der Waals surface area contributed by atoms with Gasteiger partial charge in [0.25, 0.3) is 5.91 Å². The van der Waals surface area contributed by atoms with E-state index in [1.807, 2.05) is 0 Å². The summed E-state index contributed by atoms with van der Waals surface area (Å²) in [5.41, 5.74) is 1.24. The molecule has 1 aliphatic rings. The zero-order valence-electron chi connectivity index (χ0n) is 12.9. The van der Waals surface area contributed by atoms with Crippen LogP contribution < -0.4 is 10.1 Å². The quantitative estimate of drug-likeness (QED) is 0.761. The topological polar surface area (TPSA) is 47.6 Å². The second-order valence-electron chi connectivity index (χ2n) is 5.55. The monoisotopic (exact) mass is 409 g/mol. The Morgan fingerprint density at radius 1 is 1.29 bits per heavy atom. The molecule has 4 nitrogen and oxygen atoms in total. The van der Waals surface area contributed by atoms with Gasteiger partial charge in [-0.05, 0) is 71.2 Å². The van der Waals surface area contributed by atoms with Crippen LogP contribution in [0.5, 0.6) is 5.75 Å². The van der Waals surface area contributed by atoms with E-state index in [0.717, 1.165) is 23.9 Å². The highest BCUT2D eigenvalue weighted by Crippen LogP contribution is 2.27. The number of halogens is 2. The Kier molecular flexibility index (Phi) is 5.76. The lowest BCUT2D eigenvalue weighted by Crippen LogP contribution is -2.16. The van der Waals surface area contributed by atoms with Gasteiger partial charge < -0.3 is 14.8 Å². The Hall–Kier alpha value is -1.56. The van der Waals surface area contributed by atoms with E-state index in [9.17, 15) is 4.79 Å². The van der Waals surface area contributed by atoms with E-state index >= 15 is 0 Å². The fraction of sp³-hybridized carbons (Fsp3) is 0.278. The van der Waals surface area contributed by atoms with E-state index < -0.39 is 0 Å². The van der Waals surface area contributed by atoms with Crippen molar-refractivity contribution in [2.75, 3.05) is 18.5 Å². The second-order valence-corrected chi connectivity index (χ2v) is 6.84. The van der Waals surface area contributed by atoms with Crippen LogP contribution in [0.4, 0.5) is 5.69 Å². The fourth-order valence-electron chi connectivity index (χ4n) is 2.45. The average Bonchev–Trinajstić information content (AvgIpc) is 3.09. The van der Waals surface area contributed by atoms with Gasteiger partial charge in [-0.1, -0.05) is 11.6 Å². The van der Waals surface area contributed by atoms with E-state index in [4.69, 9.17) is 21.1 Å². The molecule has 2 aromatic rings. The highest BCUT2D eigenvalue weighted by atomic mass is 79.9. The van der Waals surface area contributed by atoms with Gasteiger partial charge in [0.2, 0.25) is 0 Å². The van der Waals surface area contributed by atoms with Crippen LogP contribution in [0.1, 0.15) is 23.2 Å². The maximum atomic E-state index is 12.3. The molecule has 0 spiro atoms. The lowest BCUT2D eigenvalue weighted by atomic mass is 10.2. The molecule has 0 saturated carbocycles. The fourth-order valence-corrected chi connectivity index (χ4v) is 3.07. The number of amides is 1. The summed E-state index contributed by atoms with van der Waals surface area (Å²) >= 11 is 9.30. The molecule has 126 valence electrons. The Balaban J connectivity index is 1.62. The Bertz CT molecular complexity index is 715. The molecule has 1 N–H and O–H groups in total. The number of carbonyl (C=O) groups is 1. The summed E-state index contributed by atoms with van der Waals surface area (Å²) in [5.74, 6) is 0.511. The van der Waals surface area contributed by atoms with Crippen molar-refractivity contribution < 1.29 is 14.3 Å². The molecule has 1 fully saturated rings. The van der Waals surface area contributed by atoms with E-state index in [0.29, 0.717) is 28.6 Å². The van der Waals surface area contributed by atoms with E-state index in [2.05, 4.69) is 21.2 Å². The molecule has 1 unspecified atom stereocenters. The molecule has 1 heterocycles. The predicted octanol–water partition coefficient (Wildman–Crippen LogP) is 4.91. The molecule has 0 aliphatic carbocycles. The van der Waals surface area contributed by atoms with Crippen molar-refractivity contribution in [3.05, 3.63) is 57.5 Å². The molecule has 24 heavy (non-hydrogen) atoms. The van der Waals surface area contributed by atoms with Crippen LogP contribution in [-0.4, -0.2) is 25.2 Å². The van der Waals surface area contributed by atoms with Crippen LogP contribution in [0.2, 0.25) is 5.02 Å². The van der Waals surface area contributed by atoms with Crippen LogP contribution in [0.3, 0.4) is 0 Å². The van der Waals surface area contributed by atoms with Crippen molar-refractivity contribution in [1.82, 2.24) is 0 Å². The SMILES string of the molecule is O=C(Nc1ccc(Cl)cc1)c1ccc(OCC2CCCO2)c(Br)c1. The van der Waals surface area contributed by atoms with Gasteiger partial charge in [-0.3, -0.25) is 4.79 Å². The summed E-state index contributed by atoms with van der Waals surface area (Å²) in [6.45, 7) is 1.33. The van der Waals surface area contributed by atoms with Gasteiger partial charge in [0.1, 0.15) is 12.4 Å². The summed E-state index contributed by atoms with van der Waals surface area (Å²) in [7, 11) is 0. The molecular formula is C18H17BrClNO3. The number of hydrogen-bond acceptors (Lipinski definition) is 3. The van der Waals surface area contributed by atoms with Gasteiger partial charge in [0.15, 0.2) is 0 Å². The predicted molar refractivity (Wildman–Crippen MR) is 98.0 cm³/mol. The molecule has 6 heteroatoms. The molecule has 1 aliphatic heterocycles. The van der Waals surface area contributed by atoms with Gasteiger partial charge in [-0.15, -0.1) is 0 Å². The van der Waals surface area contributed by atoms with Crippen LogP contribution in [-0.2, 0) is 4.74 Å². The van der Waals surface area contributed by atoms with Crippen molar-refractivity contribution >= 4 is 39.1 Å². The zero-order valence-corrected chi connectivity index (χ0v) is 15.3. The Morgan fingerprint density at radius 3 is 2.75 bits per heavy atom. The lowest BCUT2D eigenvalue weighted by molar-refractivity contribution is 0.0677. The molecular weight excluding hydrogens is 394 g/mol. The molecule has 0 radical (unpaired) electrons. The Labute approximate surface area is 154 Å². The molecule has 1 saturated heterocycles. The molecule has 1 atom stereocenters. The molecule has 2 aromatic carbocycles. The highest BCUT2D eigenvalue weighted by molar-refractivity contribution is 9.10. The standard InChI is InChI=1S/C18H17BrClNO3/c19-16-10-12(18(22)21-14-6-4-13(20)5-7-14)3-8-17(16)24-11-15-2-1-9-23-15/h3-8,10,15H,1-2,9,11H2,(H,21,22). The lowest BCUT2D eigenvalue weighted by Gasteiger charge is -2.13. The summed E-state index contributed by atoms with van der Waals surface area (Å²) in [5, 5.41) is 3.46. The van der Waals surface area contributed by atoms with Gasteiger partial charge in [0, 0.05) is 22.9 Å². The number of anilines is 1. The van der Waals surface area contributed by atoms with E-state index in [-0.39, 0.29) is 12.0 Å². The number of benzene rings is 2. The first-order chi connectivity index (χ1) is 11.6. The molecule has 0 bridgehead atoms. The van der Waals surface area contributed by atoms with Crippen LogP contribution >= 0.6 is 27.5 Å². The second kappa shape index (κ2) is 8.01. The summed E-state index contributed by atoms with van der Waals surface area (Å²) in [4.78, 5) is 12.3. The molecule has 3 rings (SSSR count). The third-order valence-corrected chi connectivity index (χ3v) is 4.62. The first-order valence-electron chi connectivity index (χ1n) is 7.73. The summed E-state index contributed by atoms with van der Waals surface area (Å²) < 4.78 is 12.0. The minimum Gasteiger partial charge on any atom is -0.490 e. The maximum Gasteiger partial charge on any atom is 0.255 e. The van der Waals surface area contributed by atoms with Gasteiger partial charge >= 0.3 is 0 Å². The number of nitrogens with one attached hydrogen (secondary N) is 1. The van der Waals surface area contributed by atoms with Crippen molar-refractivity contribution in [3.63, 3.8) is 0 Å². The van der Waals surface area contributed by atoms with Crippen molar-refractivity contribution in [3.8, 4) is 5.75 Å². The summed E-state index contributed by atoms with van der Waals surface area (Å²) in [6.07, 6.45) is 2.27. The minimum atomic E-state index is -0.191. The zero-order chi connectivity index (χ0) is 16.9.